The van der Waals surface area contributed by atoms with Crippen molar-refractivity contribution in [2.24, 2.45) is 0 Å². The first-order chi connectivity index (χ1) is 11.7. The van der Waals surface area contributed by atoms with E-state index in [1.807, 2.05) is 17.0 Å². The number of nitrogens with one attached hydrogen (secondary N) is 1. The van der Waals surface area contributed by atoms with Gasteiger partial charge in [0.2, 0.25) is 11.8 Å². The maximum absolute atomic E-state index is 12.1. The average molecular weight is 330 g/mol. The third-order valence-electron chi connectivity index (χ3n) is 4.74. The van der Waals surface area contributed by atoms with Gasteiger partial charge in [-0.3, -0.25) is 9.59 Å². The van der Waals surface area contributed by atoms with Gasteiger partial charge in [0.25, 0.3) is 0 Å². The van der Waals surface area contributed by atoms with Gasteiger partial charge in [-0.15, -0.1) is 0 Å². The maximum atomic E-state index is 12.1. The molecule has 2 heterocycles. The lowest BCUT2D eigenvalue weighted by molar-refractivity contribution is -0.131. The Labute approximate surface area is 143 Å². The second-order valence-electron chi connectivity index (χ2n) is 6.61. The number of amides is 2. The standard InChI is InChI=1S/C19H26N2O3/c22-18(9-11-21-10-3-1-2-6-19(21)23)20-14-15-7-8-17-16(13-15)5-4-12-24-17/h7-8,13H,1-6,9-12,14H2,(H,20,22). The summed E-state index contributed by atoms with van der Waals surface area (Å²) in [7, 11) is 0. The van der Waals surface area contributed by atoms with Crippen LogP contribution in [0.5, 0.6) is 5.75 Å². The van der Waals surface area contributed by atoms with Crippen molar-refractivity contribution in [1.29, 1.82) is 0 Å². The van der Waals surface area contributed by atoms with Gasteiger partial charge in [-0.25, -0.2) is 0 Å². The van der Waals surface area contributed by atoms with Gasteiger partial charge in [-0.05, 0) is 42.9 Å². The lowest BCUT2D eigenvalue weighted by atomic mass is 10.0. The molecule has 0 aromatic heterocycles. The van der Waals surface area contributed by atoms with Crippen molar-refractivity contribution in [3.63, 3.8) is 0 Å². The summed E-state index contributed by atoms with van der Waals surface area (Å²) < 4.78 is 5.61. The summed E-state index contributed by atoms with van der Waals surface area (Å²) in [6, 6.07) is 6.11. The lowest BCUT2D eigenvalue weighted by Gasteiger charge is -2.20. The molecule has 24 heavy (non-hydrogen) atoms. The molecule has 1 saturated heterocycles. The maximum Gasteiger partial charge on any atom is 0.222 e. The van der Waals surface area contributed by atoms with Gasteiger partial charge in [-0.1, -0.05) is 18.6 Å². The largest absolute Gasteiger partial charge is 0.493 e. The molecule has 0 spiro atoms. The van der Waals surface area contributed by atoms with Crippen molar-refractivity contribution in [2.75, 3.05) is 19.7 Å². The van der Waals surface area contributed by atoms with Gasteiger partial charge < -0.3 is 15.0 Å². The SMILES string of the molecule is O=C(CCN1CCCCCC1=O)NCc1ccc2c(c1)CCCO2. The van der Waals surface area contributed by atoms with E-state index in [1.165, 1.54) is 5.56 Å². The number of likely N-dealkylation sites (tertiary alicyclic amines) is 1. The molecule has 1 N–H and O–H groups in total. The van der Waals surface area contributed by atoms with Crippen LogP contribution in [0.25, 0.3) is 0 Å². The van der Waals surface area contributed by atoms with Crippen LogP contribution in [0.1, 0.15) is 49.7 Å². The quantitative estimate of drug-likeness (QED) is 0.902. The summed E-state index contributed by atoms with van der Waals surface area (Å²) in [5, 5.41) is 2.96. The molecule has 1 aromatic carbocycles. The Morgan fingerprint density at radius 1 is 1.17 bits per heavy atom. The molecule has 0 atom stereocenters. The van der Waals surface area contributed by atoms with Crippen LogP contribution in [-0.2, 0) is 22.6 Å². The Balaban J connectivity index is 1.44. The van der Waals surface area contributed by atoms with Crippen LogP contribution in [0.2, 0.25) is 0 Å². The first-order valence-electron chi connectivity index (χ1n) is 9.01. The van der Waals surface area contributed by atoms with E-state index in [4.69, 9.17) is 4.74 Å². The first-order valence-corrected chi connectivity index (χ1v) is 9.01. The second kappa shape index (κ2) is 8.18. The third kappa shape index (κ3) is 4.49. The van der Waals surface area contributed by atoms with Crippen molar-refractivity contribution in [1.82, 2.24) is 10.2 Å². The summed E-state index contributed by atoms with van der Waals surface area (Å²) in [4.78, 5) is 25.8. The number of rotatable bonds is 5. The zero-order chi connectivity index (χ0) is 16.8. The van der Waals surface area contributed by atoms with E-state index in [9.17, 15) is 9.59 Å². The fourth-order valence-electron chi connectivity index (χ4n) is 3.32. The average Bonchev–Trinajstić information content (AvgIpc) is 2.82. The first kappa shape index (κ1) is 16.8. The van der Waals surface area contributed by atoms with E-state index < -0.39 is 0 Å². The Hall–Kier alpha value is -2.04. The number of hydrogen-bond acceptors (Lipinski definition) is 3. The Bertz CT molecular complexity index is 600. The molecule has 5 heteroatoms. The molecule has 1 aromatic rings. The fourth-order valence-corrected chi connectivity index (χ4v) is 3.32. The van der Waals surface area contributed by atoms with Crippen molar-refractivity contribution in [3.05, 3.63) is 29.3 Å². The molecule has 0 unspecified atom stereocenters. The van der Waals surface area contributed by atoms with Crippen LogP contribution in [0.3, 0.4) is 0 Å². The van der Waals surface area contributed by atoms with Gasteiger partial charge in [0.05, 0.1) is 6.61 Å². The van der Waals surface area contributed by atoms with Crippen molar-refractivity contribution >= 4 is 11.8 Å². The second-order valence-corrected chi connectivity index (χ2v) is 6.61. The van der Waals surface area contributed by atoms with Crippen LogP contribution in [0, 0.1) is 0 Å². The predicted octanol–water partition coefficient (Wildman–Crippen LogP) is 2.42. The van der Waals surface area contributed by atoms with Gasteiger partial charge >= 0.3 is 0 Å². The minimum atomic E-state index is 0.000942. The van der Waals surface area contributed by atoms with Gasteiger partial charge in [0, 0.05) is 32.5 Å². The topological polar surface area (TPSA) is 58.6 Å². The zero-order valence-corrected chi connectivity index (χ0v) is 14.2. The number of fused-ring (bicyclic) bond motifs is 1. The summed E-state index contributed by atoms with van der Waals surface area (Å²) >= 11 is 0. The summed E-state index contributed by atoms with van der Waals surface area (Å²) in [5.41, 5.74) is 2.32. The number of benzene rings is 1. The highest BCUT2D eigenvalue weighted by Crippen LogP contribution is 2.25. The van der Waals surface area contributed by atoms with Crippen LogP contribution in [0.15, 0.2) is 18.2 Å². The Morgan fingerprint density at radius 3 is 3.00 bits per heavy atom. The number of ether oxygens (including phenoxy) is 1. The van der Waals surface area contributed by atoms with Crippen LogP contribution < -0.4 is 10.1 Å². The number of aryl methyl sites for hydroxylation is 1. The van der Waals surface area contributed by atoms with Crippen molar-refractivity contribution < 1.29 is 14.3 Å². The Kier molecular flexibility index (Phi) is 5.72. The van der Waals surface area contributed by atoms with Crippen molar-refractivity contribution in [3.8, 4) is 5.75 Å². The zero-order valence-electron chi connectivity index (χ0n) is 14.2. The fraction of sp³-hybridized carbons (Fsp3) is 0.579. The van der Waals surface area contributed by atoms with E-state index in [2.05, 4.69) is 11.4 Å². The molecule has 130 valence electrons. The van der Waals surface area contributed by atoms with Gasteiger partial charge in [0.1, 0.15) is 5.75 Å². The highest BCUT2D eigenvalue weighted by Gasteiger charge is 2.17. The molecule has 2 amide bonds. The minimum absolute atomic E-state index is 0.000942. The van der Waals surface area contributed by atoms with Crippen LogP contribution in [0.4, 0.5) is 0 Å². The van der Waals surface area contributed by atoms with Crippen molar-refractivity contribution in [2.45, 2.75) is 51.5 Å². The number of hydrogen-bond donors (Lipinski definition) is 1. The molecule has 3 rings (SSSR count). The van der Waals surface area contributed by atoms with E-state index in [0.717, 1.165) is 56.6 Å². The normalized spacial score (nSPS) is 17.7. The number of carbonyl (C=O) groups excluding carboxylic acids is 2. The third-order valence-corrected chi connectivity index (χ3v) is 4.74. The van der Waals surface area contributed by atoms with Gasteiger partial charge in [0.15, 0.2) is 0 Å². The molecule has 0 bridgehead atoms. The summed E-state index contributed by atoms with van der Waals surface area (Å²) in [5.74, 6) is 1.16. The molecule has 0 aliphatic carbocycles. The molecular weight excluding hydrogens is 304 g/mol. The van der Waals surface area contributed by atoms with Crippen LogP contribution >= 0.6 is 0 Å². The van der Waals surface area contributed by atoms with E-state index in [1.54, 1.807) is 0 Å². The molecule has 0 radical (unpaired) electrons. The molecular formula is C19H26N2O3. The smallest absolute Gasteiger partial charge is 0.222 e. The van der Waals surface area contributed by atoms with Crippen LogP contribution in [-0.4, -0.2) is 36.4 Å². The lowest BCUT2D eigenvalue weighted by Crippen LogP contribution is -2.34. The number of carbonyl (C=O) groups is 2. The predicted molar refractivity (Wildman–Crippen MR) is 91.8 cm³/mol. The molecule has 5 nitrogen and oxygen atoms in total. The van der Waals surface area contributed by atoms with E-state index in [-0.39, 0.29) is 11.8 Å². The molecule has 2 aliphatic heterocycles. The molecule has 0 saturated carbocycles. The van der Waals surface area contributed by atoms with E-state index >= 15 is 0 Å². The van der Waals surface area contributed by atoms with E-state index in [0.29, 0.717) is 25.9 Å². The molecule has 1 fully saturated rings. The minimum Gasteiger partial charge on any atom is -0.493 e. The molecule has 2 aliphatic rings. The summed E-state index contributed by atoms with van der Waals surface area (Å²) in [6.45, 7) is 2.64. The Morgan fingerprint density at radius 2 is 2.08 bits per heavy atom. The highest BCUT2D eigenvalue weighted by atomic mass is 16.5. The van der Waals surface area contributed by atoms with Gasteiger partial charge in [-0.2, -0.15) is 0 Å². The highest BCUT2D eigenvalue weighted by molar-refractivity contribution is 5.79. The summed E-state index contributed by atoms with van der Waals surface area (Å²) in [6.07, 6.45) is 6.21. The monoisotopic (exact) mass is 330 g/mol. The number of nitrogens with zero attached hydrogens (tertiary/aromatic N) is 1.